The molecule has 0 bridgehead atoms. The maximum Gasteiger partial charge on any atom is 0.225 e. The molecule has 172 valence electrons. The maximum absolute atomic E-state index is 12.3. The largest absolute Gasteiger partial charge is 0.362 e. The van der Waals surface area contributed by atoms with Crippen molar-refractivity contribution in [2.45, 2.75) is 63.8 Å². The van der Waals surface area contributed by atoms with E-state index in [2.05, 4.69) is 29.6 Å². The third kappa shape index (κ3) is 5.91. The molecule has 1 aromatic carbocycles. The van der Waals surface area contributed by atoms with Crippen molar-refractivity contribution in [2.24, 2.45) is 5.92 Å². The first-order valence-corrected chi connectivity index (χ1v) is 12.2. The van der Waals surface area contributed by atoms with E-state index in [4.69, 9.17) is 21.6 Å². The molecule has 4 rings (SSSR count). The average molecular weight is 456 g/mol. The van der Waals surface area contributed by atoms with Gasteiger partial charge in [-0.3, -0.25) is 4.79 Å². The van der Waals surface area contributed by atoms with Gasteiger partial charge in [0.2, 0.25) is 11.9 Å². The molecule has 0 saturated heterocycles. The molecule has 2 aliphatic rings. The summed E-state index contributed by atoms with van der Waals surface area (Å²) in [6.07, 6.45) is 9.33. The Hall–Kier alpha value is -2.34. The Morgan fingerprint density at radius 3 is 2.50 bits per heavy atom. The second-order valence-electron chi connectivity index (χ2n) is 9.37. The molecular weight excluding hydrogens is 422 g/mol. The highest BCUT2D eigenvalue weighted by Crippen LogP contribution is 2.30. The first kappa shape index (κ1) is 22.8. The molecule has 32 heavy (non-hydrogen) atoms. The number of aromatic nitrogens is 2. The Morgan fingerprint density at radius 2 is 1.78 bits per heavy atom. The van der Waals surface area contributed by atoms with Crippen LogP contribution in [0.15, 0.2) is 24.3 Å². The smallest absolute Gasteiger partial charge is 0.225 e. The van der Waals surface area contributed by atoms with Gasteiger partial charge in [-0.2, -0.15) is 4.98 Å². The first-order valence-electron chi connectivity index (χ1n) is 11.8. The number of amides is 1. The number of aryl methyl sites for hydroxylation is 1. The lowest BCUT2D eigenvalue weighted by atomic mass is 9.86. The van der Waals surface area contributed by atoms with Crippen LogP contribution in [0.1, 0.15) is 55.3 Å². The van der Waals surface area contributed by atoms with Crippen LogP contribution in [0.2, 0.25) is 5.02 Å². The van der Waals surface area contributed by atoms with Crippen LogP contribution in [-0.2, 0) is 24.1 Å². The van der Waals surface area contributed by atoms with Crippen molar-refractivity contribution in [3.63, 3.8) is 0 Å². The highest BCUT2D eigenvalue weighted by atomic mass is 35.5. The van der Waals surface area contributed by atoms with Gasteiger partial charge in [0.05, 0.1) is 12.1 Å². The van der Waals surface area contributed by atoms with Crippen molar-refractivity contribution in [3.05, 3.63) is 46.1 Å². The van der Waals surface area contributed by atoms with Crippen LogP contribution < -0.4 is 15.5 Å². The van der Waals surface area contributed by atoms with Gasteiger partial charge in [-0.25, -0.2) is 4.98 Å². The SMILES string of the molecule is CN(C)c1nc(NC2CCC(CNC(=O)Cc3ccc(Cl)cc3)CC2)nc2c1CCCC2. The Kier molecular flexibility index (Phi) is 7.51. The van der Waals surface area contributed by atoms with E-state index in [1.54, 1.807) is 0 Å². The minimum atomic E-state index is 0.0752. The number of anilines is 2. The fourth-order valence-electron chi connectivity index (χ4n) is 4.81. The highest BCUT2D eigenvalue weighted by molar-refractivity contribution is 6.30. The average Bonchev–Trinajstić information content (AvgIpc) is 2.79. The Bertz CT molecular complexity index is 923. The van der Waals surface area contributed by atoms with Gasteiger partial charge in [0.1, 0.15) is 5.82 Å². The van der Waals surface area contributed by atoms with E-state index in [-0.39, 0.29) is 5.91 Å². The van der Waals surface area contributed by atoms with Gasteiger partial charge in [-0.1, -0.05) is 23.7 Å². The summed E-state index contributed by atoms with van der Waals surface area (Å²) in [4.78, 5) is 24.1. The molecule has 1 amide bonds. The Balaban J connectivity index is 1.25. The molecule has 0 aliphatic heterocycles. The van der Waals surface area contributed by atoms with E-state index in [0.717, 1.165) is 62.4 Å². The molecule has 1 fully saturated rings. The van der Waals surface area contributed by atoms with Crippen molar-refractivity contribution in [1.82, 2.24) is 15.3 Å². The number of hydrogen-bond donors (Lipinski definition) is 2. The Labute approximate surface area is 196 Å². The molecule has 0 spiro atoms. The first-order chi connectivity index (χ1) is 15.5. The van der Waals surface area contributed by atoms with Crippen LogP contribution >= 0.6 is 11.6 Å². The summed E-state index contributed by atoms with van der Waals surface area (Å²) in [6, 6.07) is 7.86. The molecule has 2 N–H and O–H groups in total. The molecule has 0 atom stereocenters. The summed E-state index contributed by atoms with van der Waals surface area (Å²) in [5.41, 5.74) is 3.53. The van der Waals surface area contributed by atoms with Gasteiger partial charge < -0.3 is 15.5 Å². The van der Waals surface area contributed by atoms with Crippen LogP contribution in [-0.4, -0.2) is 42.6 Å². The van der Waals surface area contributed by atoms with Crippen molar-refractivity contribution in [1.29, 1.82) is 0 Å². The second kappa shape index (κ2) is 10.5. The van der Waals surface area contributed by atoms with Gasteiger partial charge in [0.25, 0.3) is 0 Å². The van der Waals surface area contributed by atoms with E-state index in [9.17, 15) is 4.79 Å². The van der Waals surface area contributed by atoms with Crippen LogP contribution in [0.4, 0.5) is 11.8 Å². The zero-order valence-electron chi connectivity index (χ0n) is 19.2. The number of nitrogens with zero attached hydrogens (tertiary/aromatic N) is 3. The number of fused-ring (bicyclic) bond motifs is 1. The van der Waals surface area contributed by atoms with Crippen molar-refractivity contribution in [2.75, 3.05) is 30.9 Å². The van der Waals surface area contributed by atoms with E-state index in [0.29, 0.717) is 23.4 Å². The third-order valence-electron chi connectivity index (χ3n) is 6.63. The van der Waals surface area contributed by atoms with Gasteiger partial charge in [0, 0.05) is 37.3 Å². The highest BCUT2D eigenvalue weighted by Gasteiger charge is 2.24. The van der Waals surface area contributed by atoms with Crippen LogP contribution in [0.5, 0.6) is 0 Å². The monoisotopic (exact) mass is 455 g/mol. The lowest BCUT2D eigenvalue weighted by Gasteiger charge is -2.30. The number of benzene rings is 1. The zero-order chi connectivity index (χ0) is 22.5. The molecule has 0 unspecified atom stereocenters. The molecule has 1 saturated carbocycles. The summed E-state index contributed by atoms with van der Waals surface area (Å²) in [7, 11) is 4.13. The number of halogens is 1. The van der Waals surface area contributed by atoms with E-state index < -0.39 is 0 Å². The van der Waals surface area contributed by atoms with Crippen LogP contribution in [0, 0.1) is 5.92 Å². The summed E-state index contributed by atoms with van der Waals surface area (Å²) in [5, 5.41) is 7.41. The number of nitrogens with one attached hydrogen (secondary N) is 2. The maximum atomic E-state index is 12.3. The van der Waals surface area contributed by atoms with Crippen molar-refractivity contribution >= 4 is 29.3 Å². The fourth-order valence-corrected chi connectivity index (χ4v) is 4.94. The van der Waals surface area contributed by atoms with Crippen LogP contribution in [0.3, 0.4) is 0 Å². The second-order valence-corrected chi connectivity index (χ2v) is 9.80. The minimum Gasteiger partial charge on any atom is -0.362 e. The quantitative estimate of drug-likeness (QED) is 0.647. The van der Waals surface area contributed by atoms with E-state index in [1.807, 2.05) is 24.3 Å². The number of carbonyl (C=O) groups excluding carboxylic acids is 1. The topological polar surface area (TPSA) is 70.2 Å². The summed E-state index contributed by atoms with van der Waals surface area (Å²) >= 11 is 5.91. The predicted molar refractivity (Wildman–Crippen MR) is 131 cm³/mol. The molecule has 7 heteroatoms. The van der Waals surface area contributed by atoms with E-state index >= 15 is 0 Å². The summed E-state index contributed by atoms with van der Waals surface area (Å²) in [6.45, 7) is 0.749. The number of hydrogen-bond acceptors (Lipinski definition) is 5. The summed E-state index contributed by atoms with van der Waals surface area (Å²) in [5.74, 6) is 2.44. The molecular formula is C25H34ClN5O. The molecule has 0 radical (unpaired) electrons. The van der Waals surface area contributed by atoms with Gasteiger partial charge >= 0.3 is 0 Å². The third-order valence-corrected chi connectivity index (χ3v) is 6.88. The standard InChI is InChI=1S/C25H34ClN5O/c1-31(2)24-21-5-3-4-6-22(21)29-25(30-24)28-20-13-9-18(10-14-20)16-27-23(32)15-17-7-11-19(26)12-8-17/h7-8,11-12,18,20H,3-6,9-10,13-16H2,1-2H3,(H,27,32)(H,28,29,30). The molecule has 2 aromatic rings. The molecule has 1 aromatic heterocycles. The van der Waals surface area contributed by atoms with Crippen molar-refractivity contribution < 1.29 is 4.79 Å². The molecule has 2 aliphatic carbocycles. The fraction of sp³-hybridized carbons (Fsp3) is 0.560. The van der Waals surface area contributed by atoms with Crippen molar-refractivity contribution in [3.8, 4) is 0 Å². The molecule has 1 heterocycles. The Morgan fingerprint density at radius 1 is 1.06 bits per heavy atom. The number of rotatable bonds is 7. The normalized spacial score (nSPS) is 20.3. The van der Waals surface area contributed by atoms with Gasteiger partial charge in [-0.15, -0.1) is 0 Å². The van der Waals surface area contributed by atoms with Gasteiger partial charge in [-0.05, 0) is 75.0 Å². The lowest BCUT2D eigenvalue weighted by molar-refractivity contribution is -0.120. The summed E-state index contributed by atoms with van der Waals surface area (Å²) < 4.78 is 0. The minimum absolute atomic E-state index is 0.0752. The molecule has 6 nitrogen and oxygen atoms in total. The van der Waals surface area contributed by atoms with Gasteiger partial charge in [0.15, 0.2) is 0 Å². The number of carbonyl (C=O) groups is 1. The van der Waals surface area contributed by atoms with E-state index in [1.165, 1.54) is 24.1 Å². The lowest BCUT2D eigenvalue weighted by Crippen LogP contribution is -2.35. The predicted octanol–water partition coefficient (Wildman–Crippen LogP) is 4.40. The zero-order valence-corrected chi connectivity index (χ0v) is 19.9. The van der Waals surface area contributed by atoms with Crippen LogP contribution in [0.25, 0.3) is 0 Å².